The zero-order valence-electron chi connectivity index (χ0n) is 14.9. The van der Waals surface area contributed by atoms with Gasteiger partial charge in [0.05, 0.1) is 37.8 Å². The molecule has 1 aromatic heterocycles. The molecule has 1 heterocycles. The molecule has 0 aliphatic carbocycles. The third kappa shape index (κ3) is 6.39. The van der Waals surface area contributed by atoms with Gasteiger partial charge in [-0.15, -0.1) is 0 Å². The highest BCUT2D eigenvalue weighted by Crippen LogP contribution is 2.04. The summed E-state index contributed by atoms with van der Waals surface area (Å²) in [5.41, 5.74) is 4.27. The Kier molecular flexibility index (Phi) is 7.32. The van der Waals surface area contributed by atoms with Crippen molar-refractivity contribution in [3.8, 4) is 0 Å². The Bertz CT molecular complexity index is 680. The molecule has 3 rings (SSSR count). The van der Waals surface area contributed by atoms with Gasteiger partial charge >= 0.3 is 0 Å². The minimum Gasteiger partial charge on any atom is -0.376 e. The Morgan fingerprint density at radius 2 is 1.00 bits per heavy atom. The molecule has 0 unspecified atom stereocenters. The van der Waals surface area contributed by atoms with E-state index in [9.17, 15) is 0 Å². The summed E-state index contributed by atoms with van der Waals surface area (Å²) >= 11 is 0. The molecular formula is C22H24N2O2. The van der Waals surface area contributed by atoms with Gasteiger partial charge in [-0.05, 0) is 11.1 Å². The van der Waals surface area contributed by atoms with Crippen LogP contribution in [0.5, 0.6) is 0 Å². The topological polar surface area (TPSA) is 44.2 Å². The number of hydrogen-bond acceptors (Lipinski definition) is 4. The summed E-state index contributed by atoms with van der Waals surface area (Å²) in [4.78, 5) is 8.92. The van der Waals surface area contributed by atoms with Crippen LogP contribution in [0.25, 0.3) is 0 Å². The summed E-state index contributed by atoms with van der Waals surface area (Å²) in [5, 5.41) is 0. The van der Waals surface area contributed by atoms with E-state index in [-0.39, 0.29) is 0 Å². The van der Waals surface area contributed by atoms with Gasteiger partial charge in [0.2, 0.25) is 0 Å². The van der Waals surface area contributed by atoms with E-state index < -0.39 is 0 Å². The van der Waals surface area contributed by atoms with Crippen LogP contribution in [-0.4, -0.2) is 23.2 Å². The molecule has 4 nitrogen and oxygen atoms in total. The van der Waals surface area contributed by atoms with Crippen molar-refractivity contribution in [2.24, 2.45) is 0 Å². The molecule has 0 radical (unpaired) electrons. The maximum Gasteiger partial charge on any atom is 0.0717 e. The molecule has 0 spiro atoms. The van der Waals surface area contributed by atoms with Crippen LogP contribution < -0.4 is 0 Å². The van der Waals surface area contributed by atoms with Crippen molar-refractivity contribution in [2.75, 3.05) is 13.2 Å². The van der Waals surface area contributed by atoms with E-state index in [1.54, 1.807) is 0 Å². The second kappa shape index (κ2) is 10.4. The van der Waals surface area contributed by atoms with Gasteiger partial charge in [0.25, 0.3) is 0 Å². The van der Waals surface area contributed by atoms with Crippen molar-refractivity contribution >= 4 is 0 Å². The third-order valence-corrected chi connectivity index (χ3v) is 3.99. The van der Waals surface area contributed by atoms with Crippen molar-refractivity contribution in [2.45, 2.75) is 26.1 Å². The maximum atomic E-state index is 5.69. The Morgan fingerprint density at radius 1 is 0.577 bits per heavy atom. The number of rotatable bonds is 10. The monoisotopic (exact) mass is 348 g/mol. The zero-order chi connectivity index (χ0) is 17.9. The Balaban J connectivity index is 1.31. The SMILES string of the molecule is c1ccc(COCCc2cnc(CCOCc3ccccc3)cn2)cc1. The zero-order valence-corrected chi connectivity index (χ0v) is 14.9. The highest BCUT2D eigenvalue weighted by molar-refractivity contribution is 5.14. The molecule has 0 atom stereocenters. The van der Waals surface area contributed by atoms with Crippen LogP contribution >= 0.6 is 0 Å². The van der Waals surface area contributed by atoms with E-state index in [4.69, 9.17) is 9.47 Å². The van der Waals surface area contributed by atoms with Gasteiger partial charge in [-0.25, -0.2) is 0 Å². The second-order valence-electron chi connectivity index (χ2n) is 6.08. The van der Waals surface area contributed by atoms with Crippen molar-refractivity contribution in [1.29, 1.82) is 0 Å². The van der Waals surface area contributed by atoms with Gasteiger partial charge in [0, 0.05) is 25.2 Å². The van der Waals surface area contributed by atoms with E-state index in [0.717, 1.165) is 24.2 Å². The lowest BCUT2D eigenvalue weighted by Crippen LogP contribution is -2.04. The lowest BCUT2D eigenvalue weighted by molar-refractivity contribution is 0.122. The van der Waals surface area contributed by atoms with Crippen LogP contribution in [0.1, 0.15) is 22.5 Å². The molecule has 0 amide bonds. The summed E-state index contributed by atoms with van der Waals surface area (Å²) in [7, 11) is 0. The molecule has 0 N–H and O–H groups in total. The number of aromatic nitrogens is 2. The third-order valence-electron chi connectivity index (χ3n) is 3.99. The summed E-state index contributed by atoms with van der Waals surface area (Å²) < 4.78 is 11.4. The standard InChI is InChI=1S/C22H24N2O2/c1-3-7-19(8-4-1)17-25-13-11-21-15-24-22(16-23-21)12-14-26-18-20-9-5-2-6-10-20/h1-10,15-16H,11-14,17-18H2. The summed E-state index contributed by atoms with van der Waals surface area (Å²) in [6.07, 6.45) is 5.20. The van der Waals surface area contributed by atoms with Crippen molar-refractivity contribution in [1.82, 2.24) is 9.97 Å². The first kappa shape index (κ1) is 18.2. The average Bonchev–Trinajstić information content (AvgIpc) is 2.71. The van der Waals surface area contributed by atoms with Gasteiger partial charge in [0.15, 0.2) is 0 Å². The molecule has 4 heteroatoms. The first-order valence-corrected chi connectivity index (χ1v) is 8.93. The van der Waals surface area contributed by atoms with Crippen molar-refractivity contribution < 1.29 is 9.47 Å². The summed E-state index contributed by atoms with van der Waals surface area (Å²) in [6.45, 7) is 2.54. The first-order valence-electron chi connectivity index (χ1n) is 8.93. The molecule has 3 aromatic rings. The molecule has 0 saturated heterocycles. The molecule has 0 fully saturated rings. The van der Waals surface area contributed by atoms with Gasteiger partial charge in [-0.2, -0.15) is 0 Å². The van der Waals surface area contributed by atoms with E-state index >= 15 is 0 Å². The number of ether oxygens (including phenoxy) is 2. The Hall–Kier alpha value is -2.56. The van der Waals surface area contributed by atoms with Gasteiger partial charge < -0.3 is 9.47 Å². The number of benzene rings is 2. The summed E-state index contributed by atoms with van der Waals surface area (Å²) in [5.74, 6) is 0. The molecule has 0 aliphatic rings. The predicted molar refractivity (Wildman–Crippen MR) is 102 cm³/mol. The molecular weight excluding hydrogens is 324 g/mol. The second-order valence-corrected chi connectivity index (χ2v) is 6.08. The fourth-order valence-corrected chi connectivity index (χ4v) is 2.52. The lowest BCUT2D eigenvalue weighted by Gasteiger charge is -2.06. The molecule has 134 valence electrons. The fourth-order valence-electron chi connectivity index (χ4n) is 2.52. The summed E-state index contributed by atoms with van der Waals surface area (Å²) in [6, 6.07) is 20.4. The molecule has 26 heavy (non-hydrogen) atoms. The quantitative estimate of drug-likeness (QED) is 0.520. The first-order chi connectivity index (χ1) is 12.9. The van der Waals surface area contributed by atoms with Gasteiger partial charge in [-0.1, -0.05) is 60.7 Å². The van der Waals surface area contributed by atoms with Crippen LogP contribution in [0.15, 0.2) is 73.1 Å². The minimum absolute atomic E-state index is 0.630. The van der Waals surface area contributed by atoms with E-state index in [1.807, 2.05) is 48.8 Å². The minimum atomic E-state index is 0.630. The highest BCUT2D eigenvalue weighted by atomic mass is 16.5. The molecule has 0 aliphatic heterocycles. The van der Waals surface area contributed by atoms with Crippen LogP contribution in [0.2, 0.25) is 0 Å². The van der Waals surface area contributed by atoms with Crippen LogP contribution in [-0.2, 0) is 35.5 Å². The van der Waals surface area contributed by atoms with Crippen LogP contribution in [0.4, 0.5) is 0 Å². The average molecular weight is 348 g/mol. The highest BCUT2D eigenvalue weighted by Gasteiger charge is 2.00. The maximum absolute atomic E-state index is 5.69. The molecule has 0 bridgehead atoms. The molecule has 0 saturated carbocycles. The fraction of sp³-hybridized carbons (Fsp3) is 0.273. The smallest absolute Gasteiger partial charge is 0.0717 e. The largest absolute Gasteiger partial charge is 0.376 e. The Morgan fingerprint density at radius 3 is 1.38 bits per heavy atom. The predicted octanol–water partition coefficient (Wildman–Crippen LogP) is 4.00. The molecule has 2 aromatic carbocycles. The van der Waals surface area contributed by atoms with E-state index in [1.165, 1.54) is 11.1 Å². The van der Waals surface area contributed by atoms with Crippen LogP contribution in [0.3, 0.4) is 0 Å². The lowest BCUT2D eigenvalue weighted by atomic mass is 10.2. The van der Waals surface area contributed by atoms with E-state index in [0.29, 0.717) is 26.4 Å². The van der Waals surface area contributed by atoms with Crippen molar-refractivity contribution in [3.63, 3.8) is 0 Å². The van der Waals surface area contributed by atoms with Gasteiger partial charge in [0.1, 0.15) is 0 Å². The number of nitrogens with zero attached hydrogens (tertiary/aromatic N) is 2. The van der Waals surface area contributed by atoms with Crippen LogP contribution in [0, 0.1) is 0 Å². The van der Waals surface area contributed by atoms with Crippen molar-refractivity contribution in [3.05, 3.63) is 95.6 Å². The van der Waals surface area contributed by atoms with E-state index in [2.05, 4.69) is 34.2 Å². The Labute approximate surface area is 154 Å². The number of hydrogen-bond donors (Lipinski definition) is 0. The normalized spacial score (nSPS) is 10.8. The van der Waals surface area contributed by atoms with Gasteiger partial charge in [-0.3, -0.25) is 9.97 Å².